The fourth-order valence-electron chi connectivity index (χ4n) is 3.57. The molecule has 0 aromatic carbocycles. The maximum absolute atomic E-state index is 12.2. The van der Waals surface area contributed by atoms with Crippen molar-refractivity contribution in [1.82, 2.24) is 0 Å². The standard InChI is InChI=1S/C22H36O5/c1-2-3-4-5-8-11-17(23)14-15-19-18(20(24)16-21(19)25)12-9-6-7-10-13-22(26)27/h6,9,14-15,17-19,21,23,25H,2-5,7-8,10-13,16H2,1H3,(H,26,27)/b9-6-,15-14+/t17?,18?,19-,21?/m1/s1. The van der Waals surface area contributed by atoms with E-state index in [1.165, 1.54) is 19.3 Å². The first-order chi connectivity index (χ1) is 13.0. The summed E-state index contributed by atoms with van der Waals surface area (Å²) in [5.74, 6) is -1.26. The highest BCUT2D eigenvalue weighted by atomic mass is 16.4. The van der Waals surface area contributed by atoms with Crippen LogP contribution in [0.15, 0.2) is 24.3 Å². The second-order valence-electron chi connectivity index (χ2n) is 7.57. The topological polar surface area (TPSA) is 94.8 Å². The van der Waals surface area contributed by atoms with Gasteiger partial charge in [0.25, 0.3) is 0 Å². The van der Waals surface area contributed by atoms with E-state index >= 15 is 0 Å². The molecule has 1 aliphatic rings. The maximum Gasteiger partial charge on any atom is 0.303 e. The van der Waals surface area contributed by atoms with Crippen LogP contribution in [0.1, 0.15) is 77.6 Å². The molecule has 0 heterocycles. The number of hydrogen-bond donors (Lipinski definition) is 3. The first-order valence-corrected chi connectivity index (χ1v) is 10.4. The zero-order valence-corrected chi connectivity index (χ0v) is 16.6. The fourth-order valence-corrected chi connectivity index (χ4v) is 3.57. The summed E-state index contributed by atoms with van der Waals surface area (Å²) >= 11 is 0. The molecule has 1 saturated carbocycles. The van der Waals surface area contributed by atoms with Gasteiger partial charge in [0.2, 0.25) is 0 Å². The monoisotopic (exact) mass is 380 g/mol. The molecule has 1 rings (SSSR count). The highest BCUT2D eigenvalue weighted by Crippen LogP contribution is 2.33. The number of allylic oxidation sites excluding steroid dienone is 2. The van der Waals surface area contributed by atoms with Crippen LogP contribution < -0.4 is 0 Å². The molecule has 154 valence electrons. The number of carbonyl (C=O) groups is 2. The third-order valence-electron chi connectivity index (χ3n) is 5.21. The Bertz CT molecular complexity index is 497. The predicted octanol–water partition coefficient (Wildman–Crippen LogP) is 4.03. The van der Waals surface area contributed by atoms with E-state index in [4.69, 9.17) is 5.11 Å². The van der Waals surface area contributed by atoms with E-state index in [9.17, 15) is 19.8 Å². The quantitative estimate of drug-likeness (QED) is 0.312. The van der Waals surface area contributed by atoms with Gasteiger partial charge in [-0.05, 0) is 25.7 Å². The van der Waals surface area contributed by atoms with Gasteiger partial charge in [0.15, 0.2) is 0 Å². The maximum atomic E-state index is 12.2. The number of carboxylic acids is 1. The summed E-state index contributed by atoms with van der Waals surface area (Å²) in [4.78, 5) is 22.6. The second kappa shape index (κ2) is 13.7. The molecule has 1 aliphatic carbocycles. The molecule has 3 unspecified atom stereocenters. The lowest BCUT2D eigenvalue weighted by molar-refractivity contribution is -0.137. The van der Waals surface area contributed by atoms with Crippen LogP contribution in [0.3, 0.4) is 0 Å². The van der Waals surface area contributed by atoms with Gasteiger partial charge >= 0.3 is 5.97 Å². The Morgan fingerprint density at radius 2 is 1.93 bits per heavy atom. The number of aliphatic hydroxyl groups is 2. The van der Waals surface area contributed by atoms with Gasteiger partial charge in [-0.2, -0.15) is 0 Å². The summed E-state index contributed by atoms with van der Waals surface area (Å²) in [6.07, 6.45) is 14.7. The van der Waals surface area contributed by atoms with Crippen molar-refractivity contribution in [1.29, 1.82) is 0 Å². The Kier molecular flexibility index (Phi) is 11.9. The fraction of sp³-hybridized carbons (Fsp3) is 0.727. The van der Waals surface area contributed by atoms with Crippen LogP contribution in [0.4, 0.5) is 0 Å². The van der Waals surface area contributed by atoms with E-state index in [2.05, 4.69) is 6.92 Å². The number of unbranched alkanes of at least 4 members (excludes halogenated alkanes) is 5. The summed E-state index contributed by atoms with van der Waals surface area (Å²) in [6.45, 7) is 2.17. The predicted molar refractivity (Wildman–Crippen MR) is 106 cm³/mol. The lowest BCUT2D eigenvalue weighted by atomic mass is 9.90. The van der Waals surface area contributed by atoms with Crippen molar-refractivity contribution >= 4 is 11.8 Å². The molecule has 0 aromatic rings. The Hall–Kier alpha value is -1.46. The largest absolute Gasteiger partial charge is 0.481 e. The number of Topliss-reactive ketones (excluding diaryl/α,β-unsaturated/α-hetero) is 1. The number of aliphatic hydroxyl groups excluding tert-OH is 2. The minimum Gasteiger partial charge on any atom is -0.481 e. The third-order valence-corrected chi connectivity index (χ3v) is 5.21. The Morgan fingerprint density at radius 3 is 2.63 bits per heavy atom. The summed E-state index contributed by atoms with van der Waals surface area (Å²) in [7, 11) is 0. The van der Waals surface area contributed by atoms with Crippen molar-refractivity contribution in [3.63, 3.8) is 0 Å². The van der Waals surface area contributed by atoms with Crippen LogP contribution >= 0.6 is 0 Å². The number of aliphatic carboxylic acids is 1. The van der Waals surface area contributed by atoms with Gasteiger partial charge in [-0.25, -0.2) is 0 Å². The Morgan fingerprint density at radius 1 is 1.19 bits per heavy atom. The minimum atomic E-state index is -0.799. The minimum absolute atomic E-state index is 0.0568. The molecule has 0 amide bonds. The average Bonchev–Trinajstić information content (AvgIpc) is 2.88. The van der Waals surface area contributed by atoms with Crippen molar-refractivity contribution in [2.75, 3.05) is 0 Å². The van der Waals surface area contributed by atoms with Gasteiger partial charge in [-0.1, -0.05) is 63.3 Å². The molecule has 0 bridgehead atoms. The SMILES string of the molecule is CCCCCCCC(O)/C=C/[C@H]1C(O)CC(=O)C1C/C=C\CCCC(=O)O. The van der Waals surface area contributed by atoms with E-state index < -0.39 is 18.2 Å². The molecule has 5 heteroatoms. The number of rotatable bonds is 14. The summed E-state index contributed by atoms with van der Waals surface area (Å²) in [5.41, 5.74) is 0. The molecule has 3 N–H and O–H groups in total. The summed E-state index contributed by atoms with van der Waals surface area (Å²) < 4.78 is 0. The highest BCUT2D eigenvalue weighted by molar-refractivity contribution is 5.84. The molecule has 0 radical (unpaired) electrons. The van der Waals surface area contributed by atoms with Gasteiger partial charge in [0.05, 0.1) is 12.2 Å². The van der Waals surface area contributed by atoms with Gasteiger partial charge in [-0.15, -0.1) is 0 Å². The first kappa shape index (κ1) is 23.6. The van der Waals surface area contributed by atoms with Crippen molar-refractivity contribution in [3.05, 3.63) is 24.3 Å². The molecule has 4 atom stereocenters. The Balaban J connectivity index is 2.42. The summed E-state index contributed by atoms with van der Waals surface area (Å²) in [5, 5.41) is 28.9. The van der Waals surface area contributed by atoms with Crippen LogP contribution in [0, 0.1) is 11.8 Å². The van der Waals surface area contributed by atoms with Crippen molar-refractivity contribution in [3.8, 4) is 0 Å². The average molecular weight is 381 g/mol. The molecule has 0 aromatic heterocycles. The normalized spacial score (nSPS) is 24.3. The Labute approximate surface area is 163 Å². The van der Waals surface area contributed by atoms with Crippen LogP contribution in [0.2, 0.25) is 0 Å². The van der Waals surface area contributed by atoms with E-state index in [1.54, 1.807) is 6.08 Å². The second-order valence-corrected chi connectivity index (χ2v) is 7.57. The lowest BCUT2D eigenvalue weighted by Crippen LogP contribution is -2.18. The van der Waals surface area contributed by atoms with E-state index in [0.29, 0.717) is 25.7 Å². The molecule has 1 fully saturated rings. The number of carboxylic acid groups (broad SMARTS) is 1. The van der Waals surface area contributed by atoms with Crippen molar-refractivity contribution in [2.24, 2.45) is 11.8 Å². The number of ketones is 1. The van der Waals surface area contributed by atoms with E-state index in [1.807, 2.05) is 18.2 Å². The van der Waals surface area contributed by atoms with Crippen LogP contribution in [0.25, 0.3) is 0 Å². The number of hydrogen-bond acceptors (Lipinski definition) is 4. The van der Waals surface area contributed by atoms with Gasteiger partial charge in [0.1, 0.15) is 5.78 Å². The van der Waals surface area contributed by atoms with Crippen molar-refractivity contribution in [2.45, 2.75) is 89.8 Å². The van der Waals surface area contributed by atoms with Crippen LogP contribution in [-0.2, 0) is 9.59 Å². The van der Waals surface area contributed by atoms with Crippen molar-refractivity contribution < 1.29 is 24.9 Å². The smallest absolute Gasteiger partial charge is 0.303 e. The van der Waals surface area contributed by atoms with Crippen LogP contribution in [-0.4, -0.2) is 39.3 Å². The lowest BCUT2D eigenvalue weighted by Gasteiger charge is -2.16. The zero-order valence-electron chi connectivity index (χ0n) is 16.6. The van der Waals surface area contributed by atoms with Gasteiger partial charge < -0.3 is 15.3 Å². The zero-order chi connectivity index (χ0) is 20.1. The molecule has 0 spiro atoms. The third kappa shape index (κ3) is 9.87. The molecule has 5 nitrogen and oxygen atoms in total. The molecule has 27 heavy (non-hydrogen) atoms. The molecular formula is C22H36O5. The summed E-state index contributed by atoms with van der Waals surface area (Å²) in [6, 6.07) is 0. The van der Waals surface area contributed by atoms with E-state index in [0.717, 1.165) is 12.8 Å². The highest BCUT2D eigenvalue weighted by Gasteiger charge is 2.39. The van der Waals surface area contributed by atoms with Gasteiger partial charge in [0, 0.05) is 24.7 Å². The number of carbonyl (C=O) groups excluding carboxylic acids is 1. The molecule has 0 saturated heterocycles. The molecule has 0 aliphatic heterocycles. The van der Waals surface area contributed by atoms with E-state index in [-0.39, 0.29) is 30.5 Å². The van der Waals surface area contributed by atoms with Crippen LogP contribution in [0.5, 0.6) is 0 Å². The van der Waals surface area contributed by atoms with Gasteiger partial charge in [-0.3, -0.25) is 9.59 Å². The molecular weight excluding hydrogens is 344 g/mol. The first-order valence-electron chi connectivity index (χ1n) is 10.4.